The fraction of sp³-hybridized carbons (Fsp3) is 0.409. The van der Waals surface area contributed by atoms with E-state index in [4.69, 9.17) is 25.8 Å². The van der Waals surface area contributed by atoms with Crippen molar-refractivity contribution in [3.05, 3.63) is 47.0 Å². The molecule has 0 saturated carbocycles. The third-order valence-electron chi connectivity index (χ3n) is 5.00. The van der Waals surface area contributed by atoms with E-state index >= 15 is 0 Å². The minimum absolute atomic E-state index is 0.0944. The van der Waals surface area contributed by atoms with Crippen LogP contribution in [-0.4, -0.2) is 58.7 Å². The van der Waals surface area contributed by atoms with Gasteiger partial charge in [0.15, 0.2) is 0 Å². The molecule has 1 aliphatic rings. The molecule has 0 atom stereocenters. The zero-order valence-corrected chi connectivity index (χ0v) is 19.7. The lowest BCUT2D eigenvalue weighted by Gasteiger charge is -2.26. The van der Waals surface area contributed by atoms with E-state index in [2.05, 4.69) is 5.32 Å². The quantitative estimate of drug-likeness (QED) is 0.550. The number of carbonyl (C=O) groups is 1. The van der Waals surface area contributed by atoms with Gasteiger partial charge in [-0.15, -0.1) is 0 Å². The topological polar surface area (TPSA) is 94.2 Å². The van der Waals surface area contributed by atoms with Crippen LogP contribution >= 0.6 is 11.6 Å². The van der Waals surface area contributed by atoms with E-state index in [0.29, 0.717) is 61.5 Å². The molecule has 1 saturated heterocycles. The van der Waals surface area contributed by atoms with Crippen molar-refractivity contribution in [3.8, 4) is 11.5 Å². The van der Waals surface area contributed by atoms with Crippen molar-refractivity contribution in [2.75, 3.05) is 45.3 Å². The average Bonchev–Trinajstić information content (AvgIpc) is 2.79. The van der Waals surface area contributed by atoms with Gasteiger partial charge in [-0.3, -0.25) is 4.79 Å². The van der Waals surface area contributed by atoms with Crippen molar-refractivity contribution < 1.29 is 27.4 Å². The van der Waals surface area contributed by atoms with E-state index in [1.807, 2.05) is 13.0 Å². The molecule has 174 valence electrons. The summed E-state index contributed by atoms with van der Waals surface area (Å²) in [6.07, 6.45) is 0.692. The second-order valence-corrected chi connectivity index (χ2v) is 9.63. The monoisotopic (exact) mass is 482 g/mol. The lowest BCUT2D eigenvalue weighted by Crippen LogP contribution is -2.40. The third-order valence-corrected chi connectivity index (χ3v) is 7.32. The maximum Gasteiger partial charge on any atom is 0.243 e. The number of morpholine rings is 1. The summed E-state index contributed by atoms with van der Waals surface area (Å²) in [6.45, 7) is 3.56. The molecule has 2 aromatic carbocycles. The molecule has 0 unspecified atom stereocenters. The minimum atomic E-state index is -3.69. The highest BCUT2D eigenvalue weighted by atomic mass is 35.5. The maximum atomic E-state index is 12.9. The standard InChI is InChI=1S/C22H27ClN2O6S/c1-16-14-17(5-7-19(16)23)31-11-3-4-22(26)24-20-15-18(6-8-21(20)29-2)32(27,28)25-9-12-30-13-10-25/h5-8,14-15H,3-4,9-13H2,1-2H3,(H,24,26). The number of hydrogen-bond donors (Lipinski definition) is 1. The van der Waals surface area contributed by atoms with Gasteiger partial charge in [0.2, 0.25) is 15.9 Å². The van der Waals surface area contributed by atoms with E-state index in [0.717, 1.165) is 5.56 Å². The highest BCUT2D eigenvalue weighted by molar-refractivity contribution is 7.89. The first kappa shape index (κ1) is 24.3. The van der Waals surface area contributed by atoms with Crippen LogP contribution in [0.3, 0.4) is 0 Å². The molecule has 3 rings (SSSR count). The van der Waals surface area contributed by atoms with Crippen LogP contribution in [0.25, 0.3) is 0 Å². The van der Waals surface area contributed by atoms with Crippen LogP contribution in [0.1, 0.15) is 18.4 Å². The van der Waals surface area contributed by atoms with Crippen molar-refractivity contribution in [3.63, 3.8) is 0 Å². The van der Waals surface area contributed by atoms with Gasteiger partial charge in [0.05, 0.1) is 37.5 Å². The number of ether oxygens (including phenoxy) is 3. The van der Waals surface area contributed by atoms with E-state index in [-0.39, 0.29) is 17.2 Å². The summed E-state index contributed by atoms with van der Waals surface area (Å²) >= 11 is 6.00. The number of halogens is 1. The van der Waals surface area contributed by atoms with Gasteiger partial charge in [0.1, 0.15) is 11.5 Å². The molecular weight excluding hydrogens is 456 g/mol. The molecule has 0 radical (unpaired) electrons. The van der Waals surface area contributed by atoms with Crippen molar-refractivity contribution in [2.45, 2.75) is 24.7 Å². The average molecular weight is 483 g/mol. The lowest BCUT2D eigenvalue weighted by atomic mass is 10.2. The first-order valence-corrected chi connectivity index (χ1v) is 12.1. The highest BCUT2D eigenvalue weighted by Gasteiger charge is 2.27. The van der Waals surface area contributed by atoms with Crippen LogP contribution in [0.4, 0.5) is 5.69 Å². The van der Waals surface area contributed by atoms with Gasteiger partial charge in [-0.05, 0) is 55.3 Å². The van der Waals surface area contributed by atoms with Gasteiger partial charge in [0, 0.05) is 24.5 Å². The second kappa shape index (κ2) is 11.0. The third kappa shape index (κ3) is 6.13. The van der Waals surface area contributed by atoms with Gasteiger partial charge >= 0.3 is 0 Å². The smallest absolute Gasteiger partial charge is 0.243 e. The zero-order chi connectivity index (χ0) is 23.1. The normalized spacial score (nSPS) is 14.7. The molecule has 1 fully saturated rings. The first-order valence-electron chi connectivity index (χ1n) is 10.3. The van der Waals surface area contributed by atoms with Crippen LogP contribution < -0.4 is 14.8 Å². The summed E-state index contributed by atoms with van der Waals surface area (Å²) in [7, 11) is -2.23. The molecule has 10 heteroatoms. The Morgan fingerprint density at radius 3 is 2.62 bits per heavy atom. The molecule has 1 amide bonds. The number of benzene rings is 2. The van der Waals surface area contributed by atoms with Crippen molar-refractivity contribution in [1.82, 2.24) is 4.31 Å². The molecule has 1 heterocycles. The Hall–Kier alpha value is -2.33. The molecular formula is C22H27ClN2O6S. The molecule has 1 N–H and O–H groups in total. The Morgan fingerprint density at radius 1 is 1.19 bits per heavy atom. The zero-order valence-electron chi connectivity index (χ0n) is 18.1. The Balaban J connectivity index is 1.59. The van der Waals surface area contributed by atoms with Crippen LogP contribution in [0.5, 0.6) is 11.5 Å². The number of nitrogens with zero attached hydrogens (tertiary/aromatic N) is 1. The summed E-state index contributed by atoms with van der Waals surface area (Å²) in [5.74, 6) is 0.808. The van der Waals surface area contributed by atoms with Gasteiger partial charge in [-0.1, -0.05) is 11.6 Å². The maximum absolute atomic E-state index is 12.9. The number of hydrogen-bond acceptors (Lipinski definition) is 6. The Kier molecular flexibility index (Phi) is 8.36. The Bertz CT molecular complexity index is 1050. The van der Waals surface area contributed by atoms with Crippen LogP contribution in [0.2, 0.25) is 5.02 Å². The Morgan fingerprint density at radius 2 is 1.94 bits per heavy atom. The van der Waals surface area contributed by atoms with Gasteiger partial charge in [-0.2, -0.15) is 4.31 Å². The van der Waals surface area contributed by atoms with Gasteiger partial charge in [0.25, 0.3) is 0 Å². The summed E-state index contributed by atoms with van der Waals surface area (Å²) in [5.41, 5.74) is 1.22. The number of rotatable bonds is 9. The van der Waals surface area contributed by atoms with E-state index in [1.165, 1.54) is 29.6 Å². The van der Waals surface area contributed by atoms with Crippen LogP contribution in [-0.2, 0) is 19.6 Å². The second-order valence-electron chi connectivity index (χ2n) is 7.29. The molecule has 8 nitrogen and oxygen atoms in total. The highest BCUT2D eigenvalue weighted by Crippen LogP contribution is 2.29. The summed E-state index contributed by atoms with van der Waals surface area (Å²) in [5, 5.41) is 3.42. The number of amides is 1. The van der Waals surface area contributed by atoms with Crippen molar-refractivity contribution in [1.29, 1.82) is 0 Å². The lowest BCUT2D eigenvalue weighted by molar-refractivity contribution is -0.116. The summed E-state index contributed by atoms with van der Waals surface area (Å²) in [4.78, 5) is 12.5. The largest absolute Gasteiger partial charge is 0.495 e. The van der Waals surface area contributed by atoms with Crippen molar-refractivity contribution in [2.24, 2.45) is 0 Å². The van der Waals surface area contributed by atoms with E-state index in [1.54, 1.807) is 12.1 Å². The molecule has 1 aliphatic heterocycles. The predicted molar refractivity (Wildman–Crippen MR) is 122 cm³/mol. The van der Waals surface area contributed by atoms with Crippen molar-refractivity contribution >= 4 is 33.2 Å². The Labute approximate surface area is 193 Å². The van der Waals surface area contributed by atoms with E-state index < -0.39 is 10.0 Å². The molecule has 0 bridgehead atoms. The number of carbonyl (C=O) groups excluding carboxylic acids is 1. The number of aryl methyl sites for hydroxylation is 1. The summed E-state index contributed by atoms with van der Waals surface area (Å²) < 4.78 is 43.4. The number of methoxy groups -OCH3 is 1. The van der Waals surface area contributed by atoms with E-state index in [9.17, 15) is 13.2 Å². The summed E-state index contributed by atoms with van der Waals surface area (Å²) in [6, 6.07) is 9.82. The molecule has 0 aliphatic carbocycles. The van der Waals surface area contributed by atoms with Gasteiger partial charge < -0.3 is 19.5 Å². The van der Waals surface area contributed by atoms with Crippen LogP contribution in [0.15, 0.2) is 41.3 Å². The number of sulfonamides is 1. The number of anilines is 1. The SMILES string of the molecule is COc1ccc(S(=O)(=O)N2CCOCC2)cc1NC(=O)CCCOc1ccc(Cl)c(C)c1. The molecule has 0 aromatic heterocycles. The van der Waals surface area contributed by atoms with Crippen LogP contribution in [0, 0.1) is 6.92 Å². The number of nitrogens with one attached hydrogen (secondary N) is 1. The molecule has 32 heavy (non-hydrogen) atoms. The molecule has 2 aromatic rings. The fourth-order valence-corrected chi connectivity index (χ4v) is 4.78. The molecule has 0 spiro atoms. The fourth-order valence-electron chi connectivity index (χ4n) is 3.22. The van der Waals surface area contributed by atoms with Gasteiger partial charge in [-0.25, -0.2) is 8.42 Å². The predicted octanol–water partition coefficient (Wildman–Crippen LogP) is 3.48. The minimum Gasteiger partial charge on any atom is -0.495 e. The first-order chi connectivity index (χ1) is 15.3.